The van der Waals surface area contributed by atoms with Crippen LogP contribution in [-0.4, -0.2) is 44.0 Å². The van der Waals surface area contributed by atoms with E-state index in [0.717, 1.165) is 42.2 Å². The van der Waals surface area contributed by atoms with Crippen LogP contribution in [0.25, 0.3) is 17.1 Å². The summed E-state index contributed by atoms with van der Waals surface area (Å²) in [7, 11) is 1.64. The molecular weight excluding hydrogens is 358 g/mol. The smallest absolute Gasteiger partial charge is 0.316 e. The van der Waals surface area contributed by atoms with Crippen molar-refractivity contribution >= 4 is 5.97 Å². The molecule has 4 rings (SSSR count). The van der Waals surface area contributed by atoms with E-state index in [-0.39, 0.29) is 11.9 Å². The van der Waals surface area contributed by atoms with E-state index in [2.05, 4.69) is 15.2 Å². The van der Waals surface area contributed by atoms with Gasteiger partial charge >= 0.3 is 5.97 Å². The van der Waals surface area contributed by atoms with Gasteiger partial charge in [-0.05, 0) is 44.9 Å². The van der Waals surface area contributed by atoms with E-state index in [9.17, 15) is 4.79 Å². The summed E-state index contributed by atoms with van der Waals surface area (Å²) in [4.78, 5) is 16.6. The number of nitrogens with zero attached hydrogens (tertiary/aromatic N) is 5. The predicted molar refractivity (Wildman–Crippen MR) is 102 cm³/mol. The first kappa shape index (κ1) is 18.2. The quantitative estimate of drug-likeness (QED) is 0.632. The second-order valence-corrected chi connectivity index (χ2v) is 6.79. The molecule has 0 radical (unpaired) electrons. The maximum absolute atomic E-state index is 12.3. The Bertz CT molecular complexity index is 1010. The van der Waals surface area contributed by atoms with Crippen LogP contribution in [0.5, 0.6) is 5.75 Å². The SMILES string of the molecule is CCOC(=O)C1CCCn2c(-c3ccc(-n4cnc(C)c4)c(OC)c3)nnc21. The van der Waals surface area contributed by atoms with Crippen molar-refractivity contribution in [1.82, 2.24) is 24.3 Å². The number of imidazole rings is 1. The molecule has 0 amide bonds. The lowest BCUT2D eigenvalue weighted by Gasteiger charge is -2.22. The molecule has 0 saturated carbocycles. The van der Waals surface area contributed by atoms with Crippen LogP contribution < -0.4 is 4.74 Å². The summed E-state index contributed by atoms with van der Waals surface area (Å²) in [5.41, 5.74) is 2.72. The first-order valence-electron chi connectivity index (χ1n) is 9.41. The van der Waals surface area contributed by atoms with E-state index >= 15 is 0 Å². The summed E-state index contributed by atoms with van der Waals surface area (Å²) < 4.78 is 14.7. The molecule has 1 unspecified atom stereocenters. The van der Waals surface area contributed by atoms with Crippen molar-refractivity contribution < 1.29 is 14.3 Å². The molecule has 0 N–H and O–H groups in total. The molecule has 0 aliphatic carbocycles. The second-order valence-electron chi connectivity index (χ2n) is 6.79. The van der Waals surface area contributed by atoms with Crippen LogP contribution in [0.4, 0.5) is 0 Å². The highest BCUT2D eigenvalue weighted by Crippen LogP contribution is 2.33. The molecule has 8 heteroatoms. The molecule has 146 valence electrons. The monoisotopic (exact) mass is 381 g/mol. The zero-order valence-corrected chi connectivity index (χ0v) is 16.3. The van der Waals surface area contributed by atoms with Crippen LogP contribution in [-0.2, 0) is 16.1 Å². The number of carbonyl (C=O) groups excluding carboxylic acids is 1. The summed E-state index contributed by atoms with van der Waals surface area (Å²) in [6.45, 7) is 4.90. The molecule has 0 spiro atoms. The highest BCUT2D eigenvalue weighted by Gasteiger charge is 2.32. The minimum Gasteiger partial charge on any atom is -0.495 e. The summed E-state index contributed by atoms with van der Waals surface area (Å²) in [6.07, 6.45) is 5.32. The highest BCUT2D eigenvalue weighted by atomic mass is 16.5. The number of hydrogen-bond acceptors (Lipinski definition) is 6. The van der Waals surface area contributed by atoms with Crippen molar-refractivity contribution in [2.75, 3.05) is 13.7 Å². The number of fused-ring (bicyclic) bond motifs is 1. The molecule has 0 saturated heterocycles. The van der Waals surface area contributed by atoms with Crippen LogP contribution in [0.1, 0.15) is 37.2 Å². The number of aryl methyl sites for hydroxylation is 1. The molecule has 1 aliphatic heterocycles. The Morgan fingerprint density at radius 3 is 2.89 bits per heavy atom. The van der Waals surface area contributed by atoms with E-state index in [1.807, 2.05) is 47.4 Å². The first-order chi connectivity index (χ1) is 13.6. The van der Waals surface area contributed by atoms with Crippen molar-refractivity contribution in [2.24, 2.45) is 0 Å². The van der Waals surface area contributed by atoms with E-state index < -0.39 is 0 Å². The lowest BCUT2D eigenvalue weighted by Crippen LogP contribution is -2.24. The fraction of sp³-hybridized carbons (Fsp3) is 0.400. The number of carbonyl (C=O) groups is 1. The number of benzene rings is 1. The van der Waals surface area contributed by atoms with Crippen LogP contribution >= 0.6 is 0 Å². The maximum Gasteiger partial charge on any atom is 0.316 e. The molecule has 1 aromatic carbocycles. The van der Waals surface area contributed by atoms with Gasteiger partial charge in [0.2, 0.25) is 0 Å². The lowest BCUT2D eigenvalue weighted by molar-refractivity contribution is -0.145. The van der Waals surface area contributed by atoms with Crippen LogP contribution in [0.15, 0.2) is 30.7 Å². The molecule has 8 nitrogen and oxygen atoms in total. The number of rotatable bonds is 5. The fourth-order valence-electron chi connectivity index (χ4n) is 3.64. The van der Waals surface area contributed by atoms with Gasteiger partial charge in [0, 0.05) is 18.3 Å². The molecule has 0 fully saturated rings. The molecule has 1 aliphatic rings. The van der Waals surface area contributed by atoms with Gasteiger partial charge in [0.05, 0.1) is 31.4 Å². The van der Waals surface area contributed by atoms with Gasteiger partial charge in [-0.1, -0.05) is 0 Å². The average molecular weight is 381 g/mol. The average Bonchev–Trinajstić information content (AvgIpc) is 3.33. The topological polar surface area (TPSA) is 84.1 Å². The fourth-order valence-corrected chi connectivity index (χ4v) is 3.64. The van der Waals surface area contributed by atoms with E-state index in [4.69, 9.17) is 9.47 Å². The zero-order valence-electron chi connectivity index (χ0n) is 16.3. The highest BCUT2D eigenvalue weighted by molar-refractivity contribution is 5.77. The Morgan fingerprint density at radius 1 is 1.32 bits per heavy atom. The molecule has 0 bridgehead atoms. The third-order valence-corrected chi connectivity index (χ3v) is 4.96. The van der Waals surface area contributed by atoms with Gasteiger partial charge in [-0.25, -0.2) is 4.98 Å². The Balaban J connectivity index is 1.72. The van der Waals surface area contributed by atoms with Crippen molar-refractivity contribution in [3.8, 4) is 22.8 Å². The minimum atomic E-state index is -0.356. The Kier molecular flexibility index (Phi) is 4.85. The summed E-state index contributed by atoms with van der Waals surface area (Å²) in [5.74, 6) is 1.53. The first-order valence-corrected chi connectivity index (χ1v) is 9.41. The third-order valence-electron chi connectivity index (χ3n) is 4.96. The van der Waals surface area contributed by atoms with Gasteiger partial charge in [-0.15, -0.1) is 10.2 Å². The van der Waals surface area contributed by atoms with Gasteiger partial charge in [-0.2, -0.15) is 0 Å². The van der Waals surface area contributed by atoms with Crippen LogP contribution in [0.3, 0.4) is 0 Å². The normalized spacial score (nSPS) is 15.9. The van der Waals surface area contributed by atoms with Crippen molar-refractivity contribution in [2.45, 2.75) is 39.2 Å². The van der Waals surface area contributed by atoms with Gasteiger partial charge in [0.15, 0.2) is 5.82 Å². The largest absolute Gasteiger partial charge is 0.495 e. The molecule has 1 atom stereocenters. The molecule has 28 heavy (non-hydrogen) atoms. The summed E-state index contributed by atoms with van der Waals surface area (Å²) >= 11 is 0. The Morgan fingerprint density at radius 2 is 2.18 bits per heavy atom. The predicted octanol–water partition coefficient (Wildman–Crippen LogP) is 2.89. The number of aromatic nitrogens is 5. The Labute approximate surface area is 163 Å². The molecule has 3 aromatic rings. The second kappa shape index (κ2) is 7.46. The number of ether oxygens (including phenoxy) is 2. The van der Waals surface area contributed by atoms with Crippen molar-refractivity contribution in [3.63, 3.8) is 0 Å². The van der Waals surface area contributed by atoms with E-state index in [1.165, 1.54) is 0 Å². The number of esters is 1. The van der Waals surface area contributed by atoms with Crippen molar-refractivity contribution in [1.29, 1.82) is 0 Å². The maximum atomic E-state index is 12.3. The van der Waals surface area contributed by atoms with Crippen LogP contribution in [0, 0.1) is 6.92 Å². The van der Waals surface area contributed by atoms with Crippen LogP contribution in [0.2, 0.25) is 0 Å². The molecular formula is C20H23N5O3. The number of hydrogen-bond donors (Lipinski definition) is 0. The lowest BCUT2D eigenvalue weighted by atomic mass is 9.99. The van der Waals surface area contributed by atoms with Crippen molar-refractivity contribution in [3.05, 3.63) is 42.2 Å². The Hall–Kier alpha value is -3.16. The van der Waals surface area contributed by atoms with Gasteiger partial charge in [-0.3, -0.25) is 4.79 Å². The molecule has 2 aromatic heterocycles. The summed E-state index contributed by atoms with van der Waals surface area (Å²) in [5, 5.41) is 8.69. The van der Waals surface area contributed by atoms with E-state index in [0.29, 0.717) is 18.2 Å². The van der Waals surface area contributed by atoms with Gasteiger partial charge in [0.25, 0.3) is 0 Å². The summed E-state index contributed by atoms with van der Waals surface area (Å²) in [6, 6.07) is 5.90. The molecule has 3 heterocycles. The van der Waals surface area contributed by atoms with Gasteiger partial charge < -0.3 is 18.6 Å². The zero-order chi connectivity index (χ0) is 19.7. The third kappa shape index (κ3) is 3.15. The van der Waals surface area contributed by atoms with Gasteiger partial charge in [0.1, 0.15) is 17.5 Å². The standard InChI is InChI=1S/C20H23N5O3/c1-4-28-20(26)15-6-5-9-25-18(22-23-19(15)25)14-7-8-16(17(10-14)27-3)24-11-13(2)21-12-24/h7-8,10-12,15H,4-6,9H2,1-3H3. The van der Waals surface area contributed by atoms with E-state index in [1.54, 1.807) is 13.4 Å². The number of methoxy groups -OCH3 is 1. The minimum absolute atomic E-state index is 0.231.